The van der Waals surface area contributed by atoms with Crippen LogP contribution in [0.1, 0.15) is 16.7 Å². The van der Waals surface area contributed by atoms with Crippen molar-refractivity contribution < 1.29 is 24.1 Å². The zero-order chi connectivity index (χ0) is 17.7. The van der Waals surface area contributed by atoms with E-state index >= 15 is 0 Å². The van der Waals surface area contributed by atoms with Gasteiger partial charge in [0.2, 0.25) is 0 Å². The number of ether oxygens (including phenoxy) is 3. The molecule has 5 heteroatoms. The first-order valence-electron chi connectivity index (χ1n) is 7.32. The van der Waals surface area contributed by atoms with Gasteiger partial charge >= 0.3 is 5.97 Å². The van der Waals surface area contributed by atoms with Crippen molar-refractivity contribution in [1.82, 2.24) is 0 Å². The predicted molar refractivity (Wildman–Crippen MR) is 92.8 cm³/mol. The first-order valence-corrected chi connectivity index (χ1v) is 7.32. The lowest BCUT2D eigenvalue weighted by atomic mass is 9.99. The van der Waals surface area contributed by atoms with Crippen LogP contribution in [-0.4, -0.2) is 32.4 Å². The first-order chi connectivity index (χ1) is 11.5. The second-order valence-corrected chi connectivity index (χ2v) is 5.17. The lowest BCUT2D eigenvalue weighted by molar-refractivity contribution is -0.130. The maximum absolute atomic E-state index is 11.8. The minimum atomic E-state index is -1.04. The van der Waals surface area contributed by atoms with Crippen LogP contribution < -0.4 is 14.2 Å². The lowest BCUT2D eigenvalue weighted by Gasteiger charge is -2.12. The normalized spacial score (nSPS) is 11.1. The molecule has 0 aliphatic heterocycles. The average Bonchev–Trinajstić information content (AvgIpc) is 2.59. The molecule has 0 aliphatic rings. The van der Waals surface area contributed by atoms with Gasteiger partial charge in [-0.15, -0.1) is 0 Å². The van der Waals surface area contributed by atoms with Crippen molar-refractivity contribution in [3.63, 3.8) is 0 Å². The molecule has 0 bridgehead atoms. The van der Waals surface area contributed by atoms with Crippen molar-refractivity contribution in [3.8, 4) is 17.2 Å². The second kappa shape index (κ2) is 7.55. The fraction of sp³-hybridized carbons (Fsp3) is 0.211. The fourth-order valence-corrected chi connectivity index (χ4v) is 2.38. The Labute approximate surface area is 141 Å². The summed E-state index contributed by atoms with van der Waals surface area (Å²) in [6, 6.07) is 10.6. The molecule has 0 saturated heterocycles. The monoisotopic (exact) mass is 328 g/mol. The predicted octanol–water partition coefficient (Wildman–Crippen LogP) is 3.65. The van der Waals surface area contributed by atoms with E-state index in [-0.39, 0.29) is 5.57 Å². The molecule has 1 N–H and O–H groups in total. The Morgan fingerprint density at radius 3 is 2.25 bits per heavy atom. The highest BCUT2D eigenvalue weighted by Gasteiger charge is 2.17. The summed E-state index contributed by atoms with van der Waals surface area (Å²) < 4.78 is 15.8. The zero-order valence-electron chi connectivity index (χ0n) is 14.1. The third-order valence-corrected chi connectivity index (χ3v) is 3.62. The number of carboxylic acid groups (broad SMARTS) is 1. The Balaban J connectivity index is 2.62. The minimum Gasteiger partial charge on any atom is -0.497 e. The SMILES string of the molecule is COc1ccc(/C=C(\C(=O)O)c2cc(C)ccc2OC)c(OC)c1. The Hall–Kier alpha value is -2.95. The largest absolute Gasteiger partial charge is 0.497 e. The van der Waals surface area contributed by atoms with E-state index in [0.717, 1.165) is 5.56 Å². The van der Waals surface area contributed by atoms with Crippen LogP contribution >= 0.6 is 0 Å². The van der Waals surface area contributed by atoms with Crippen LogP contribution in [-0.2, 0) is 4.79 Å². The first kappa shape index (κ1) is 17.4. The fourth-order valence-electron chi connectivity index (χ4n) is 2.38. The highest BCUT2D eigenvalue weighted by molar-refractivity contribution is 6.21. The van der Waals surface area contributed by atoms with E-state index in [1.165, 1.54) is 14.2 Å². The quantitative estimate of drug-likeness (QED) is 0.648. The van der Waals surface area contributed by atoms with Crippen LogP contribution in [0.4, 0.5) is 0 Å². The van der Waals surface area contributed by atoms with Crippen molar-refractivity contribution in [2.75, 3.05) is 21.3 Å². The molecule has 2 rings (SSSR count). The number of aryl methyl sites for hydroxylation is 1. The molecule has 0 spiro atoms. The van der Waals surface area contributed by atoms with Crippen molar-refractivity contribution in [2.45, 2.75) is 6.92 Å². The maximum Gasteiger partial charge on any atom is 0.336 e. The molecule has 126 valence electrons. The Morgan fingerprint density at radius 2 is 1.67 bits per heavy atom. The van der Waals surface area contributed by atoms with E-state index in [1.54, 1.807) is 43.5 Å². The van der Waals surface area contributed by atoms with E-state index < -0.39 is 5.97 Å². The highest BCUT2D eigenvalue weighted by atomic mass is 16.5. The number of benzene rings is 2. The summed E-state index contributed by atoms with van der Waals surface area (Å²) in [6.07, 6.45) is 1.57. The molecule has 2 aromatic carbocycles. The molecule has 0 aliphatic carbocycles. The molecule has 0 aromatic heterocycles. The summed E-state index contributed by atoms with van der Waals surface area (Å²) in [5.41, 5.74) is 2.22. The summed E-state index contributed by atoms with van der Waals surface area (Å²) in [4.78, 5) is 11.8. The Bertz CT molecular complexity index is 777. The molecule has 0 radical (unpaired) electrons. The van der Waals surface area contributed by atoms with Gasteiger partial charge in [0.15, 0.2) is 0 Å². The van der Waals surface area contributed by atoms with E-state index in [0.29, 0.717) is 28.4 Å². The summed E-state index contributed by atoms with van der Waals surface area (Å²) in [7, 11) is 4.60. The topological polar surface area (TPSA) is 65.0 Å². The highest BCUT2D eigenvalue weighted by Crippen LogP contribution is 2.32. The van der Waals surface area contributed by atoms with Gasteiger partial charge in [-0.1, -0.05) is 11.6 Å². The van der Waals surface area contributed by atoms with Gasteiger partial charge in [0.1, 0.15) is 17.2 Å². The molecule has 24 heavy (non-hydrogen) atoms. The average molecular weight is 328 g/mol. The van der Waals surface area contributed by atoms with E-state index in [2.05, 4.69) is 0 Å². The number of carbonyl (C=O) groups is 1. The number of hydrogen-bond donors (Lipinski definition) is 1. The molecule has 5 nitrogen and oxygen atoms in total. The number of carboxylic acids is 1. The Kier molecular flexibility index (Phi) is 5.47. The molecule has 0 fully saturated rings. The van der Waals surface area contributed by atoms with Gasteiger partial charge in [0.25, 0.3) is 0 Å². The van der Waals surface area contributed by atoms with Crippen molar-refractivity contribution >= 4 is 17.6 Å². The van der Waals surface area contributed by atoms with Gasteiger partial charge in [0, 0.05) is 17.2 Å². The molecular formula is C19H20O5. The van der Waals surface area contributed by atoms with E-state index in [1.807, 2.05) is 13.0 Å². The van der Waals surface area contributed by atoms with Crippen LogP contribution in [0.5, 0.6) is 17.2 Å². The molecule has 0 saturated carbocycles. The Morgan fingerprint density at radius 1 is 0.958 bits per heavy atom. The number of methoxy groups -OCH3 is 3. The van der Waals surface area contributed by atoms with Crippen LogP contribution in [0, 0.1) is 6.92 Å². The second-order valence-electron chi connectivity index (χ2n) is 5.17. The molecule has 0 unspecified atom stereocenters. The van der Waals surface area contributed by atoms with Gasteiger partial charge < -0.3 is 19.3 Å². The van der Waals surface area contributed by atoms with Crippen molar-refractivity contribution in [2.24, 2.45) is 0 Å². The van der Waals surface area contributed by atoms with Gasteiger partial charge in [-0.05, 0) is 37.3 Å². The van der Waals surface area contributed by atoms with Crippen LogP contribution in [0.2, 0.25) is 0 Å². The van der Waals surface area contributed by atoms with Crippen molar-refractivity contribution in [1.29, 1.82) is 0 Å². The lowest BCUT2D eigenvalue weighted by Crippen LogP contribution is -2.03. The number of rotatable bonds is 6. The zero-order valence-corrected chi connectivity index (χ0v) is 14.1. The maximum atomic E-state index is 11.8. The van der Waals surface area contributed by atoms with Crippen LogP contribution in [0.25, 0.3) is 11.6 Å². The number of hydrogen-bond acceptors (Lipinski definition) is 4. The number of aliphatic carboxylic acids is 1. The summed E-state index contributed by atoms with van der Waals surface area (Å²) in [5.74, 6) is 0.618. The van der Waals surface area contributed by atoms with E-state index in [4.69, 9.17) is 14.2 Å². The summed E-state index contributed by atoms with van der Waals surface area (Å²) in [5, 5.41) is 9.67. The molecule has 0 heterocycles. The third-order valence-electron chi connectivity index (χ3n) is 3.62. The van der Waals surface area contributed by atoms with Gasteiger partial charge in [0.05, 0.1) is 26.9 Å². The molecule has 0 amide bonds. The van der Waals surface area contributed by atoms with Crippen LogP contribution in [0.3, 0.4) is 0 Å². The van der Waals surface area contributed by atoms with Crippen molar-refractivity contribution in [3.05, 3.63) is 53.1 Å². The van der Waals surface area contributed by atoms with Gasteiger partial charge in [-0.3, -0.25) is 0 Å². The van der Waals surface area contributed by atoms with E-state index in [9.17, 15) is 9.90 Å². The summed E-state index contributed by atoms with van der Waals surface area (Å²) in [6.45, 7) is 1.90. The minimum absolute atomic E-state index is 0.124. The molecule has 0 atom stereocenters. The van der Waals surface area contributed by atoms with Gasteiger partial charge in [-0.25, -0.2) is 4.79 Å². The third kappa shape index (κ3) is 3.68. The molecule has 2 aromatic rings. The van der Waals surface area contributed by atoms with Gasteiger partial charge in [-0.2, -0.15) is 0 Å². The van der Waals surface area contributed by atoms with Crippen LogP contribution in [0.15, 0.2) is 36.4 Å². The standard InChI is InChI=1S/C19H20O5/c1-12-5-8-17(23-3)15(9-12)16(19(20)21)10-13-6-7-14(22-2)11-18(13)24-4/h5-11H,1-4H3,(H,20,21)/b16-10-. The summed E-state index contributed by atoms with van der Waals surface area (Å²) >= 11 is 0. The molecular weight excluding hydrogens is 308 g/mol. The smallest absolute Gasteiger partial charge is 0.336 e.